The average molecular weight is 263 g/mol. The molecule has 1 aliphatic rings. The van der Waals surface area contributed by atoms with Gasteiger partial charge < -0.3 is 11.1 Å². The Morgan fingerprint density at radius 2 is 1.94 bits per heavy atom. The fraction of sp³-hybridized carbons (Fsp3) is 0.923. The van der Waals surface area contributed by atoms with Crippen LogP contribution in [0.5, 0.6) is 0 Å². The number of carbonyl (C=O) groups is 1. The molecule has 4 heteroatoms. The summed E-state index contributed by atoms with van der Waals surface area (Å²) in [6.07, 6.45) is 5.69. The first-order chi connectivity index (χ1) is 7.48. The molecule has 1 saturated carbocycles. The Labute approximate surface area is 111 Å². The Kier molecular flexibility index (Phi) is 7.10. The van der Waals surface area contributed by atoms with Crippen molar-refractivity contribution in [2.75, 3.05) is 6.54 Å². The molecule has 1 rings (SSSR count). The van der Waals surface area contributed by atoms with E-state index in [0.29, 0.717) is 24.8 Å². The second kappa shape index (κ2) is 7.22. The maximum atomic E-state index is 11.9. The summed E-state index contributed by atoms with van der Waals surface area (Å²) in [5, 5.41) is 3.11. The molecule has 0 aliphatic heterocycles. The quantitative estimate of drug-likeness (QED) is 0.800. The largest absolute Gasteiger partial charge is 0.349 e. The van der Waals surface area contributed by atoms with Gasteiger partial charge in [-0.1, -0.05) is 26.7 Å². The Morgan fingerprint density at radius 3 is 2.35 bits per heavy atom. The van der Waals surface area contributed by atoms with Crippen LogP contribution in [0.2, 0.25) is 0 Å². The molecule has 3 N–H and O–H groups in total. The van der Waals surface area contributed by atoms with Crippen molar-refractivity contribution < 1.29 is 4.79 Å². The third-order valence-electron chi connectivity index (χ3n) is 4.07. The summed E-state index contributed by atoms with van der Waals surface area (Å²) in [5.74, 6) is 1.15. The highest BCUT2D eigenvalue weighted by Gasteiger charge is 2.29. The lowest BCUT2D eigenvalue weighted by Gasteiger charge is -2.34. The standard InChI is InChI=1S/C13H26N2O.ClH/c1-10(2)13(3,9-14)15-12(16)8-11-6-4-5-7-11;/h10-11H,4-9,14H2,1-3H3,(H,15,16);1H. The fourth-order valence-corrected chi connectivity index (χ4v) is 2.28. The minimum atomic E-state index is -0.254. The SMILES string of the molecule is CC(C)C(C)(CN)NC(=O)CC1CCCC1.Cl. The van der Waals surface area contributed by atoms with Crippen molar-refractivity contribution in [3.8, 4) is 0 Å². The predicted molar refractivity (Wildman–Crippen MR) is 74.3 cm³/mol. The van der Waals surface area contributed by atoms with E-state index in [1.165, 1.54) is 25.7 Å². The van der Waals surface area contributed by atoms with Gasteiger partial charge in [0.1, 0.15) is 0 Å². The molecule has 0 aromatic heterocycles. The minimum absolute atomic E-state index is 0. The number of carbonyl (C=O) groups excluding carboxylic acids is 1. The molecule has 0 spiro atoms. The van der Waals surface area contributed by atoms with Crippen LogP contribution in [0.15, 0.2) is 0 Å². The maximum Gasteiger partial charge on any atom is 0.220 e. The molecule has 0 radical (unpaired) electrons. The molecule has 0 bridgehead atoms. The average Bonchev–Trinajstić information content (AvgIpc) is 2.69. The van der Waals surface area contributed by atoms with Crippen LogP contribution in [-0.2, 0) is 4.79 Å². The zero-order chi connectivity index (χ0) is 12.2. The Morgan fingerprint density at radius 1 is 1.41 bits per heavy atom. The van der Waals surface area contributed by atoms with Crippen LogP contribution in [-0.4, -0.2) is 18.0 Å². The van der Waals surface area contributed by atoms with Crippen molar-refractivity contribution in [1.29, 1.82) is 0 Å². The lowest BCUT2D eigenvalue weighted by atomic mass is 9.88. The van der Waals surface area contributed by atoms with Gasteiger partial charge in [-0.25, -0.2) is 0 Å². The Balaban J connectivity index is 0.00000256. The Hall–Kier alpha value is -0.280. The van der Waals surface area contributed by atoms with E-state index in [0.717, 1.165) is 0 Å². The first-order valence-electron chi connectivity index (χ1n) is 6.49. The van der Waals surface area contributed by atoms with E-state index in [1.54, 1.807) is 0 Å². The number of hydrogen-bond acceptors (Lipinski definition) is 2. The molecule has 1 unspecified atom stereocenters. The van der Waals surface area contributed by atoms with E-state index < -0.39 is 0 Å². The predicted octanol–water partition coefficient (Wildman–Crippen LogP) is 2.48. The number of hydrogen-bond donors (Lipinski definition) is 2. The summed E-state index contributed by atoms with van der Waals surface area (Å²) < 4.78 is 0. The van der Waals surface area contributed by atoms with Crippen molar-refractivity contribution in [3.63, 3.8) is 0 Å². The Bertz CT molecular complexity index is 240. The van der Waals surface area contributed by atoms with Gasteiger partial charge in [-0.15, -0.1) is 12.4 Å². The molecule has 0 aromatic rings. The van der Waals surface area contributed by atoms with Crippen LogP contribution in [0.25, 0.3) is 0 Å². The second-order valence-corrected chi connectivity index (χ2v) is 5.68. The maximum absolute atomic E-state index is 11.9. The monoisotopic (exact) mass is 262 g/mol. The van der Waals surface area contributed by atoms with Gasteiger partial charge in [0.15, 0.2) is 0 Å². The van der Waals surface area contributed by atoms with Crippen molar-refractivity contribution in [1.82, 2.24) is 5.32 Å². The van der Waals surface area contributed by atoms with E-state index in [1.807, 2.05) is 6.92 Å². The smallest absolute Gasteiger partial charge is 0.220 e. The highest BCUT2D eigenvalue weighted by Crippen LogP contribution is 2.27. The summed E-state index contributed by atoms with van der Waals surface area (Å²) in [6.45, 7) is 6.73. The van der Waals surface area contributed by atoms with Crippen molar-refractivity contribution in [2.24, 2.45) is 17.6 Å². The van der Waals surface area contributed by atoms with E-state index in [9.17, 15) is 4.79 Å². The fourth-order valence-electron chi connectivity index (χ4n) is 2.28. The van der Waals surface area contributed by atoms with E-state index in [2.05, 4.69) is 19.2 Å². The number of nitrogens with two attached hydrogens (primary N) is 1. The van der Waals surface area contributed by atoms with Gasteiger partial charge in [0.2, 0.25) is 5.91 Å². The van der Waals surface area contributed by atoms with Crippen LogP contribution in [0.3, 0.4) is 0 Å². The van der Waals surface area contributed by atoms with Crippen molar-refractivity contribution in [3.05, 3.63) is 0 Å². The zero-order valence-electron chi connectivity index (χ0n) is 11.3. The number of halogens is 1. The van der Waals surface area contributed by atoms with Crippen LogP contribution in [0.4, 0.5) is 0 Å². The lowest BCUT2D eigenvalue weighted by Crippen LogP contribution is -2.55. The molecule has 0 heterocycles. The van der Waals surface area contributed by atoms with Gasteiger partial charge in [0.25, 0.3) is 0 Å². The van der Waals surface area contributed by atoms with Crippen LogP contribution in [0.1, 0.15) is 52.9 Å². The zero-order valence-corrected chi connectivity index (χ0v) is 12.1. The first kappa shape index (κ1) is 16.7. The van der Waals surface area contributed by atoms with Crippen LogP contribution < -0.4 is 11.1 Å². The molecule has 17 heavy (non-hydrogen) atoms. The molecule has 0 aromatic carbocycles. The highest BCUT2D eigenvalue weighted by atomic mass is 35.5. The second-order valence-electron chi connectivity index (χ2n) is 5.68. The number of rotatable bonds is 5. The molecule has 1 amide bonds. The summed E-state index contributed by atoms with van der Waals surface area (Å²) in [5.41, 5.74) is 5.50. The minimum Gasteiger partial charge on any atom is -0.349 e. The van der Waals surface area contributed by atoms with Gasteiger partial charge in [-0.2, -0.15) is 0 Å². The molecule has 102 valence electrons. The lowest BCUT2D eigenvalue weighted by molar-refractivity contribution is -0.124. The van der Waals surface area contributed by atoms with E-state index in [4.69, 9.17) is 5.73 Å². The summed E-state index contributed by atoms with van der Waals surface area (Å²) in [6, 6.07) is 0. The summed E-state index contributed by atoms with van der Waals surface area (Å²) in [4.78, 5) is 11.9. The normalized spacial score (nSPS) is 19.8. The molecular weight excluding hydrogens is 236 g/mol. The topological polar surface area (TPSA) is 55.1 Å². The van der Waals surface area contributed by atoms with Crippen molar-refractivity contribution in [2.45, 2.75) is 58.4 Å². The molecule has 1 aliphatic carbocycles. The van der Waals surface area contributed by atoms with Gasteiger partial charge in [0.05, 0.1) is 5.54 Å². The van der Waals surface area contributed by atoms with Crippen LogP contribution >= 0.6 is 12.4 Å². The third-order valence-corrected chi connectivity index (χ3v) is 4.07. The molecule has 0 saturated heterocycles. The van der Waals surface area contributed by atoms with E-state index in [-0.39, 0.29) is 23.9 Å². The third kappa shape index (κ3) is 4.84. The molecule has 1 fully saturated rings. The van der Waals surface area contributed by atoms with Gasteiger partial charge in [-0.3, -0.25) is 4.79 Å². The molecule has 1 atom stereocenters. The van der Waals surface area contributed by atoms with Gasteiger partial charge in [-0.05, 0) is 31.6 Å². The number of nitrogens with one attached hydrogen (secondary N) is 1. The molecule has 3 nitrogen and oxygen atoms in total. The first-order valence-corrected chi connectivity index (χ1v) is 6.49. The number of amides is 1. The summed E-state index contributed by atoms with van der Waals surface area (Å²) >= 11 is 0. The van der Waals surface area contributed by atoms with Gasteiger partial charge >= 0.3 is 0 Å². The van der Waals surface area contributed by atoms with E-state index >= 15 is 0 Å². The highest BCUT2D eigenvalue weighted by molar-refractivity contribution is 5.85. The summed E-state index contributed by atoms with van der Waals surface area (Å²) in [7, 11) is 0. The molecular formula is C13H27ClN2O. The van der Waals surface area contributed by atoms with Crippen molar-refractivity contribution >= 4 is 18.3 Å². The van der Waals surface area contributed by atoms with Crippen LogP contribution in [0, 0.1) is 11.8 Å². The van der Waals surface area contributed by atoms with Gasteiger partial charge in [0, 0.05) is 13.0 Å².